The number of likely N-dealkylation sites (tertiary alicyclic amines) is 1. The summed E-state index contributed by atoms with van der Waals surface area (Å²) in [6, 6.07) is 7.71. The van der Waals surface area contributed by atoms with Crippen molar-refractivity contribution >= 4 is 23.2 Å². The lowest BCUT2D eigenvalue weighted by atomic mass is 10.0. The molecule has 0 atom stereocenters. The van der Waals surface area contributed by atoms with E-state index in [1.165, 1.54) is 11.1 Å². The average Bonchev–Trinajstić information content (AvgIpc) is 3.29. The highest BCUT2D eigenvalue weighted by atomic mass is 32.1. The third-order valence-electron chi connectivity index (χ3n) is 4.29. The van der Waals surface area contributed by atoms with Crippen LogP contribution in [0.25, 0.3) is 0 Å². The summed E-state index contributed by atoms with van der Waals surface area (Å²) < 4.78 is 5.15. The number of carbonyl (C=O) groups is 2. The van der Waals surface area contributed by atoms with Crippen LogP contribution in [0.4, 0.5) is 0 Å². The van der Waals surface area contributed by atoms with Crippen molar-refractivity contribution in [1.29, 1.82) is 0 Å². The van der Waals surface area contributed by atoms with E-state index in [2.05, 4.69) is 16.8 Å². The van der Waals surface area contributed by atoms with Crippen LogP contribution in [0.3, 0.4) is 0 Å². The summed E-state index contributed by atoms with van der Waals surface area (Å²) >= 11 is 1.74. The first kappa shape index (κ1) is 16.8. The van der Waals surface area contributed by atoms with E-state index < -0.39 is 0 Å². The number of amides is 2. The van der Waals surface area contributed by atoms with E-state index in [0.29, 0.717) is 25.3 Å². The fourth-order valence-corrected chi connectivity index (χ4v) is 3.71. The number of rotatable bonds is 6. The molecule has 2 aromatic rings. The number of furan rings is 1. The number of hydrogen-bond donors (Lipinski definition) is 1. The fraction of sp³-hybridized carbons (Fsp3) is 0.444. The Morgan fingerprint density at radius 2 is 2.08 bits per heavy atom. The second-order valence-electron chi connectivity index (χ2n) is 6.04. The third-order valence-corrected chi connectivity index (χ3v) is 5.22. The van der Waals surface area contributed by atoms with Crippen molar-refractivity contribution in [3.63, 3.8) is 0 Å². The van der Waals surface area contributed by atoms with Gasteiger partial charge in [-0.15, -0.1) is 11.3 Å². The molecule has 3 rings (SSSR count). The largest absolute Gasteiger partial charge is 0.459 e. The lowest BCUT2D eigenvalue weighted by Gasteiger charge is -2.31. The van der Waals surface area contributed by atoms with E-state index in [-0.39, 0.29) is 17.9 Å². The predicted molar refractivity (Wildman–Crippen MR) is 93.0 cm³/mol. The molecular formula is C18H22N2O3S. The molecule has 1 fully saturated rings. The molecule has 1 N–H and O–H groups in total. The summed E-state index contributed by atoms with van der Waals surface area (Å²) in [6.45, 7) is 1.30. The normalized spacial score (nSPS) is 15.4. The summed E-state index contributed by atoms with van der Waals surface area (Å²) in [4.78, 5) is 27.3. The summed E-state index contributed by atoms with van der Waals surface area (Å²) in [7, 11) is 0. The van der Waals surface area contributed by atoms with Gasteiger partial charge in [-0.3, -0.25) is 9.59 Å². The molecule has 1 aliphatic heterocycles. The summed E-state index contributed by atoms with van der Waals surface area (Å²) in [6.07, 6.45) is 5.50. The van der Waals surface area contributed by atoms with E-state index >= 15 is 0 Å². The molecule has 2 amide bonds. The molecule has 0 spiro atoms. The first-order valence-corrected chi connectivity index (χ1v) is 9.25. The molecule has 0 radical (unpaired) electrons. The van der Waals surface area contributed by atoms with Crippen LogP contribution in [-0.2, 0) is 11.2 Å². The highest BCUT2D eigenvalue weighted by Gasteiger charge is 2.25. The molecule has 0 bridgehead atoms. The number of nitrogens with zero attached hydrogens (tertiary/aromatic N) is 1. The van der Waals surface area contributed by atoms with Crippen LogP contribution in [0.1, 0.15) is 41.1 Å². The molecule has 0 saturated carbocycles. The highest BCUT2D eigenvalue weighted by molar-refractivity contribution is 7.09. The molecular weight excluding hydrogens is 324 g/mol. The molecule has 24 heavy (non-hydrogen) atoms. The van der Waals surface area contributed by atoms with Crippen LogP contribution < -0.4 is 5.32 Å². The van der Waals surface area contributed by atoms with Crippen LogP contribution in [0, 0.1) is 0 Å². The summed E-state index contributed by atoms with van der Waals surface area (Å²) in [5.41, 5.74) is 0. The zero-order valence-electron chi connectivity index (χ0n) is 13.6. The van der Waals surface area contributed by atoms with Gasteiger partial charge in [-0.1, -0.05) is 6.07 Å². The minimum absolute atomic E-state index is 0.0688. The lowest BCUT2D eigenvalue weighted by Crippen LogP contribution is -2.46. The zero-order chi connectivity index (χ0) is 16.8. The van der Waals surface area contributed by atoms with Gasteiger partial charge in [-0.2, -0.15) is 0 Å². The number of hydrogen-bond acceptors (Lipinski definition) is 4. The quantitative estimate of drug-likeness (QED) is 0.874. The number of aryl methyl sites for hydroxylation is 1. The second-order valence-corrected chi connectivity index (χ2v) is 7.08. The Kier molecular flexibility index (Phi) is 5.69. The van der Waals surface area contributed by atoms with Gasteiger partial charge in [0.15, 0.2) is 5.76 Å². The van der Waals surface area contributed by atoms with Crippen molar-refractivity contribution in [3.8, 4) is 0 Å². The Bertz CT molecular complexity index is 644. The van der Waals surface area contributed by atoms with Crippen molar-refractivity contribution in [2.24, 2.45) is 0 Å². The smallest absolute Gasteiger partial charge is 0.289 e. The molecule has 1 saturated heterocycles. The maximum atomic E-state index is 12.2. The minimum Gasteiger partial charge on any atom is -0.459 e. The van der Waals surface area contributed by atoms with Crippen molar-refractivity contribution in [1.82, 2.24) is 10.2 Å². The SMILES string of the molecule is O=C(CCCc1cccs1)NC1CCN(C(=O)c2ccco2)CC1. The molecule has 6 heteroatoms. The molecule has 0 aliphatic carbocycles. The molecule has 1 aliphatic rings. The van der Waals surface area contributed by atoms with Gasteiger partial charge in [0, 0.05) is 30.4 Å². The number of piperidine rings is 1. The third kappa shape index (κ3) is 4.47. The average molecular weight is 346 g/mol. The number of nitrogens with one attached hydrogen (secondary N) is 1. The topological polar surface area (TPSA) is 62.6 Å². The lowest BCUT2D eigenvalue weighted by molar-refractivity contribution is -0.122. The second kappa shape index (κ2) is 8.15. The summed E-state index contributed by atoms with van der Waals surface area (Å²) in [5, 5.41) is 5.16. The maximum absolute atomic E-state index is 12.2. The number of carbonyl (C=O) groups excluding carboxylic acids is 2. The monoisotopic (exact) mass is 346 g/mol. The van der Waals surface area contributed by atoms with Gasteiger partial charge >= 0.3 is 0 Å². The van der Waals surface area contributed by atoms with Crippen molar-refractivity contribution in [3.05, 3.63) is 46.5 Å². The van der Waals surface area contributed by atoms with Crippen LogP contribution in [-0.4, -0.2) is 35.8 Å². The molecule has 5 nitrogen and oxygen atoms in total. The van der Waals surface area contributed by atoms with Crippen LogP contribution >= 0.6 is 11.3 Å². The molecule has 0 aromatic carbocycles. The van der Waals surface area contributed by atoms with E-state index in [1.54, 1.807) is 28.4 Å². The molecule has 0 unspecified atom stereocenters. The fourth-order valence-electron chi connectivity index (χ4n) is 2.96. The molecule has 3 heterocycles. The van der Waals surface area contributed by atoms with Crippen molar-refractivity contribution in [2.45, 2.75) is 38.1 Å². The molecule has 128 valence electrons. The first-order chi connectivity index (χ1) is 11.7. The Morgan fingerprint density at radius 3 is 2.75 bits per heavy atom. The first-order valence-electron chi connectivity index (χ1n) is 8.37. The van der Waals surface area contributed by atoms with E-state index in [4.69, 9.17) is 4.42 Å². The van der Waals surface area contributed by atoms with Crippen molar-refractivity contribution < 1.29 is 14.0 Å². The van der Waals surface area contributed by atoms with Gasteiger partial charge in [-0.05, 0) is 49.3 Å². The predicted octanol–water partition coefficient (Wildman–Crippen LogP) is 3.08. The van der Waals surface area contributed by atoms with Crippen LogP contribution in [0.5, 0.6) is 0 Å². The number of thiophene rings is 1. The molecule has 2 aromatic heterocycles. The Hall–Kier alpha value is -2.08. The standard InChI is InChI=1S/C18H22N2O3S/c21-17(7-1-4-15-5-3-13-24-15)19-14-8-10-20(11-9-14)18(22)16-6-2-12-23-16/h2-3,5-6,12-14H,1,4,7-11H2,(H,19,21). The van der Waals surface area contributed by atoms with Gasteiger partial charge in [-0.25, -0.2) is 0 Å². The van der Waals surface area contributed by atoms with Crippen LogP contribution in [0.15, 0.2) is 40.3 Å². The van der Waals surface area contributed by atoms with E-state index in [0.717, 1.165) is 25.7 Å². The Labute approximate surface area is 145 Å². The Balaban J connectivity index is 1.36. The van der Waals surface area contributed by atoms with Gasteiger partial charge in [0.1, 0.15) is 0 Å². The van der Waals surface area contributed by atoms with E-state index in [1.807, 2.05) is 6.07 Å². The van der Waals surface area contributed by atoms with Gasteiger partial charge in [0.05, 0.1) is 6.26 Å². The van der Waals surface area contributed by atoms with Gasteiger partial charge in [0.2, 0.25) is 5.91 Å². The van der Waals surface area contributed by atoms with E-state index in [9.17, 15) is 9.59 Å². The summed E-state index contributed by atoms with van der Waals surface area (Å²) in [5.74, 6) is 0.425. The van der Waals surface area contributed by atoms with Crippen LogP contribution in [0.2, 0.25) is 0 Å². The maximum Gasteiger partial charge on any atom is 0.289 e. The highest BCUT2D eigenvalue weighted by Crippen LogP contribution is 2.15. The van der Waals surface area contributed by atoms with Crippen molar-refractivity contribution in [2.75, 3.05) is 13.1 Å². The van der Waals surface area contributed by atoms with Gasteiger partial charge < -0.3 is 14.6 Å². The van der Waals surface area contributed by atoms with Gasteiger partial charge in [0.25, 0.3) is 5.91 Å². The minimum atomic E-state index is -0.0688. The zero-order valence-corrected chi connectivity index (χ0v) is 14.4. The Morgan fingerprint density at radius 1 is 1.25 bits per heavy atom.